The Labute approximate surface area is 323 Å². The van der Waals surface area contributed by atoms with Crippen molar-refractivity contribution in [2.75, 3.05) is 23.0 Å². The number of anilines is 3. The molecule has 13 heteroatoms. The maximum absolute atomic E-state index is 15.0. The van der Waals surface area contributed by atoms with Crippen LogP contribution >= 0.6 is 15.9 Å². The third kappa shape index (κ3) is 6.27. The number of aliphatic hydroxyl groups excluding tert-OH is 1. The number of nitrogens with zero attached hydrogens (tertiary/aromatic N) is 5. The summed E-state index contributed by atoms with van der Waals surface area (Å²) in [6.45, 7) is 6.41. The van der Waals surface area contributed by atoms with Gasteiger partial charge in [0.25, 0.3) is 11.8 Å². The zero-order chi connectivity index (χ0) is 37.8. The molecule has 0 bridgehead atoms. The van der Waals surface area contributed by atoms with Crippen LogP contribution in [0.2, 0.25) is 18.6 Å². The molecule has 1 saturated heterocycles. The highest BCUT2D eigenvalue weighted by atomic mass is 79.9. The standard InChI is InChI=1S/C41H42BrN5O6Si/c1-26-39(54(2,3)51)37(18-19-45-23-33(43-44-45)31(24-48)28-11-5-4-6-12-28)53-41(26)32-21-29(42)16-17-34(32)46(40(41)50)22-27-10-9-13-30(20-27)47-35-14-7-8-15-36(35)52-25-38(47)49/h4-17,20-21,23,26,31,37,39,48,51H,18-19,22,24-25H2,1-3H3/t26-,31?,37+,39-,41+/m1/s1. The van der Waals surface area contributed by atoms with Gasteiger partial charge in [-0.3, -0.25) is 19.2 Å². The van der Waals surface area contributed by atoms with Crippen LogP contribution in [0.1, 0.15) is 41.6 Å². The number of aryl methyl sites for hydroxylation is 1. The number of aromatic nitrogens is 3. The van der Waals surface area contributed by atoms with Crippen molar-refractivity contribution in [2.45, 2.75) is 62.7 Å². The molecule has 278 valence electrons. The smallest absolute Gasteiger partial charge is 0.269 e. The second-order valence-electron chi connectivity index (χ2n) is 14.9. The van der Waals surface area contributed by atoms with E-state index >= 15 is 4.79 Å². The predicted octanol–water partition coefficient (Wildman–Crippen LogP) is 6.66. The Kier molecular flexibility index (Phi) is 9.55. The molecule has 1 fully saturated rings. The van der Waals surface area contributed by atoms with Crippen LogP contribution in [-0.2, 0) is 33.0 Å². The summed E-state index contributed by atoms with van der Waals surface area (Å²) in [5, 5.41) is 19.0. The zero-order valence-electron chi connectivity index (χ0n) is 30.3. The van der Waals surface area contributed by atoms with E-state index in [0.29, 0.717) is 35.8 Å². The topological polar surface area (TPSA) is 130 Å². The Morgan fingerprint density at radius 2 is 1.76 bits per heavy atom. The van der Waals surface area contributed by atoms with Gasteiger partial charge in [0, 0.05) is 39.9 Å². The molecule has 5 atom stereocenters. The summed E-state index contributed by atoms with van der Waals surface area (Å²) in [6.07, 6.45) is 1.91. The highest BCUT2D eigenvalue weighted by Crippen LogP contribution is 2.60. The lowest BCUT2D eigenvalue weighted by Gasteiger charge is -2.32. The van der Waals surface area contributed by atoms with Crippen LogP contribution in [0.5, 0.6) is 5.75 Å². The molecule has 1 spiro atoms. The van der Waals surface area contributed by atoms with Gasteiger partial charge in [-0.2, -0.15) is 0 Å². The second-order valence-corrected chi connectivity index (χ2v) is 19.8. The molecule has 2 N–H and O–H groups in total. The van der Waals surface area contributed by atoms with Gasteiger partial charge in [-0.05, 0) is 73.1 Å². The van der Waals surface area contributed by atoms with Gasteiger partial charge in [0.05, 0.1) is 42.2 Å². The number of carbonyl (C=O) groups excluding carboxylic acids is 2. The number of benzene rings is 4. The number of rotatable bonds is 10. The predicted molar refractivity (Wildman–Crippen MR) is 210 cm³/mol. The van der Waals surface area contributed by atoms with Crippen molar-refractivity contribution in [1.82, 2.24) is 15.0 Å². The fraction of sp³-hybridized carbons (Fsp3) is 0.317. The van der Waals surface area contributed by atoms with E-state index in [4.69, 9.17) is 9.47 Å². The summed E-state index contributed by atoms with van der Waals surface area (Å²) in [6, 6.07) is 30.7. The Morgan fingerprint density at radius 1 is 0.981 bits per heavy atom. The largest absolute Gasteiger partial charge is 0.482 e. The number of ether oxygens (including phenoxy) is 2. The summed E-state index contributed by atoms with van der Waals surface area (Å²) in [5.74, 6) is -0.355. The highest BCUT2D eigenvalue weighted by molar-refractivity contribution is 9.10. The average molecular weight is 809 g/mol. The number of halogens is 1. The van der Waals surface area contributed by atoms with E-state index in [0.717, 1.165) is 26.9 Å². The van der Waals surface area contributed by atoms with Crippen molar-refractivity contribution in [3.8, 4) is 5.75 Å². The Bertz CT molecular complexity index is 2210. The van der Waals surface area contributed by atoms with E-state index in [1.807, 2.05) is 123 Å². The summed E-state index contributed by atoms with van der Waals surface area (Å²) in [5.41, 5.74) is 3.77. The molecular formula is C41H42BrN5O6Si. The van der Waals surface area contributed by atoms with Crippen molar-refractivity contribution in [3.63, 3.8) is 0 Å². The summed E-state index contributed by atoms with van der Waals surface area (Å²) >= 11 is 3.65. The minimum absolute atomic E-state index is 0.0619. The maximum atomic E-state index is 15.0. The Balaban J connectivity index is 1.08. The summed E-state index contributed by atoms with van der Waals surface area (Å²) in [7, 11) is -2.90. The van der Waals surface area contributed by atoms with E-state index in [-0.39, 0.29) is 48.9 Å². The van der Waals surface area contributed by atoms with Gasteiger partial charge in [0.15, 0.2) is 20.5 Å². The van der Waals surface area contributed by atoms with Gasteiger partial charge >= 0.3 is 0 Å². The first-order valence-electron chi connectivity index (χ1n) is 18.2. The van der Waals surface area contributed by atoms with Crippen LogP contribution < -0.4 is 14.5 Å². The van der Waals surface area contributed by atoms with E-state index in [1.54, 1.807) is 14.5 Å². The molecule has 3 aliphatic heterocycles. The molecule has 0 radical (unpaired) electrons. The minimum Gasteiger partial charge on any atom is -0.482 e. The number of aliphatic hydroxyl groups is 1. The first kappa shape index (κ1) is 36.3. The van der Waals surface area contributed by atoms with Crippen LogP contribution in [-0.4, -0.2) is 64.3 Å². The van der Waals surface area contributed by atoms with Crippen LogP contribution in [0.25, 0.3) is 0 Å². The van der Waals surface area contributed by atoms with Crippen LogP contribution in [0.4, 0.5) is 17.1 Å². The molecule has 4 aromatic carbocycles. The fourth-order valence-corrected chi connectivity index (χ4v) is 11.7. The number of amides is 2. The van der Waals surface area contributed by atoms with Crippen molar-refractivity contribution >= 4 is 53.1 Å². The van der Waals surface area contributed by atoms with Gasteiger partial charge in [-0.25, -0.2) is 0 Å². The first-order chi connectivity index (χ1) is 26.0. The van der Waals surface area contributed by atoms with E-state index in [2.05, 4.69) is 26.2 Å². The maximum Gasteiger partial charge on any atom is 0.269 e. The van der Waals surface area contributed by atoms with Gasteiger partial charge < -0.3 is 24.3 Å². The third-order valence-electron chi connectivity index (χ3n) is 11.1. The van der Waals surface area contributed by atoms with Gasteiger partial charge in [0.1, 0.15) is 5.75 Å². The lowest BCUT2D eigenvalue weighted by atomic mass is 9.82. The van der Waals surface area contributed by atoms with Crippen LogP contribution in [0.3, 0.4) is 0 Å². The van der Waals surface area contributed by atoms with Gasteiger partial charge in [0.2, 0.25) is 0 Å². The fourth-order valence-electron chi connectivity index (χ4n) is 8.74. The van der Waals surface area contributed by atoms with Crippen molar-refractivity contribution in [3.05, 3.63) is 130 Å². The quantitative estimate of drug-likeness (QED) is 0.150. The molecule has 2 amide bonds. The van der Waals surface area contributed by atoms with E-state index in [9.17, 15) is 14.7 Å². The molecule has 5 aromatic rings. The van der Waals surface area contributed by atoms with Crippen LogP contribution in [0.15, 0.2) is 108 Å². The lowest BCUT2D eigenvalue weighted by Crippen LogP contribution is -2.46. The number of fused-ring (bicyclic) bond motifs is 3. The molecule has 4 heterocycles. The number of hydrogen-bond acceptors (Lipinski definition) is 8. The molecular weight excluding hydrogens is 766 g/mol. The zero-order valence-corrected chi connectivity index (χ0v) is 32.9. The number of carbonyl (C=O) groups is 2. The monoisotopic (exact) mass is 807 g/mol. The van der Waals surface area contributed by atoms with Crippen molar-refractivity contribution in [1.29, 1.82) is 0 Å². The minimum atomic E-state index is -2.90. The summed E-state index contributed by atoms with van der Waals surface area (Å²) < 4.78 is 15.3. The third-order valence-corrected chi connectivity index (χ3v) is 14.1. The lowest BCUT2D eigenvalue weighted by molar-refractivity contribution is -0.146. The number of hydrogen-bond donors (Lipinski definition) is 2. The molecule has 0 aliphatic carbocycles. The molecule has 11 nitrogen and oxygen atoms in total. The molecule has 1 unspecified atom stereocenters. The SMILES string of the molecule is C[C@@H]1[C@@H]([Si](C)(C)O)[C@H](CCn2cc(C(CO)c3ccccc3)nn2)O[C@@]12C(=O)N(Cc1cccc(N3C(=O)COc4ccccc43)c1)c1ccc(Br)cc12. The molecule has 54 heavy (non-hydrogen) atoms. The van der Waals surface area contributed by atoms with Gasteiger partial charge in [-0.1, -0.05) is 82.7 Å². The second kappa shape index (κ2) is 14.2. The number of para-hydroxylation sites is 2. The molecule has 1 aromatic heterocycles. The Morgan fingerprint density at radius 3 is 2.54 bits per heavy atom. The first-order valence-corrected chi connectivity index (χ1v) is 22.0. The molecule has 0 saturated carbocycles. The normalized spacial score (nSPS) is 22.7. The average Bonchev–Trinajstić information content (AvgIpc) is 3.81. The van der Waals surface area contributed by atoms with Crippen molar-refractivity contribution < 1.29 is 29.0 Å². The summed E-state index contributed by atoms with van der Waals surface area (Å²) in [4.78, 5) is 43.4. The van der Waals surface area contributed by atoms with E-state index in [1.165, 1.54) is 0 Å². The Hall–Kier alpha value is -4.66. The van der Waals surface area contributed by atoms with Crippen molar-refractivity contribution in [2.24, 2.45) is 5.92 Å². The van der Waals surface area contributed by atoms with E-state index < -0.39 is 20.0 Å². The van der Waals surface area contributed by atoms with Gasteiger partial charge in [-0.15, -0.1) is 5.10 Å². The van der Waals surface area contributed by atoms with Crippen LogP contribution in [0, 0.1) is 5.92 Å². The highest BCUT2D eigenvalue weighted by Gasteiger charge is 2.66. The molecule has 3 aliphatic rings. The molecule has 8 rings (SSSR count).